The van der Waals surface area contributed by atoms with Gasteiger partial charge in [-0.3, -0.25) is 19.8 Å². The molecule has 0 radical (unpaired) electrons. The second-order valence-electron chi connectivity index (χ2n) is 12.2. The highest BCUT2D eigenvalue weighted by molar-refractivity contribution is 6.30. The van der Waals surface area contributed by atoms with E-state index in [1.807, 2.05) is 34.9 Å². The molecule has 0 spiro atoms. The fourth-order valence-electron chi connectivity index (χ4n) is 6.87. The van der Waals surface area contributed by atoms with E-state index in [1.54, 1.807) is 24.3 Å². The molecule has 1 saturated carbocycles. The standard InChI is InChI=1S/C35H42ClN5O3/c1-23-21-41(34(44)31-11-5-4-10-30(31)33(43)26-14-16-28(36)17-15-26)29(9-6-18-39-35(37)38)22-40(23)32(42)20-24-12-13-25-7-2-3-8-27(25)19-24/h2-3,7-8,12-17,19,23,29-31H,4-6,9-11,18,20-22H2,1H3,(H4,37,38,39)/t23-,29+,30-,31+/m1/s1. The maximum absolute atomic E-state index is 14.3. The van der Waals surface area contributed by atoms with Crippen molar-refractivity contribution in [2.24, 2.45) is 17.6 Å². The Morgan fingerprint density at radius 3 is 2.36 bits per heavy atom. The first-order chi connectivity index (χ1) is 21.2. The number of piperazine rings is 1. The number of nitrogens with two attached hydrogens (primary N) is 1. The summed E-state index contributed by atoms with van der Waals surface area (Å²) in [5.41, 5.74) is 7.04. The van der Waals surface area contributed by atoms with E-state index >= 15 is 0 Å². The maximum atomic E-state index is 14.3. The molecule has 1 saturated heterocycles. The number of hydrogen-bond donors (Lipinski definition) is 3. The molecule has 44 heavy (non-hydrogen) atoms. The zero-order valence-electron chi connectivity index (χ0n) is 25.3. The molecule has 1 heterocycles. The van der Waals surface area contributed by atoms with Gasteiger partial charge in [-0.1, -0.05) is 66.9 Å². The molecule has 232 valence electrons. The smallest absolute Gasteiger partial charge is 0.227 e. The number of rotatable bonds is 9. The number of ketones is 1. The van der Waals surface area contributed by atoms with Gasteiger partial charge in [0.05, 0.1) is 6.42 Å². The Hall–Kier alpha value is -3.91. The van der Waals surface area contributed by atoms with Crippen LogP contribution in [0.15, 0.2) is 66.7 Å². The van der Waals surface area contributed by atoms with E-state index in [1.165, 1.54) is 0 Å². The average Bonchev–Trinajstić information content (AvgIpc) is 3.03. The van der Waals surface area contributed by atoms with Gasteiger partial charge in [-0.05, 0) is 73.2 Å². The van der Waals surface area contributed by atoms with Gasteiger partial charge in [-0.25, -0.2) is 0 Å². The zero-order valence-corrected chi connectivity index (χ0v) is 26.1. The molecule has 2 fully saturated rings. The van der Waals surface area contributed by atoms with Crippen LogP contribution in [-0.4, -0.2) is 65.1 Å². The van der Waals surface area contributed by atoms with Crippen molar-refractivity contribution in [1.82, 2.24) is 15.1 Å². The van der Waals surface area contributed by atoms with Crippen molar-refractivity contribution in [2.45, 2.75) is 64.0 Å². The quantitative estimate of drug-likeness (QED) is 0.129. The molecular formula is C35H42ClN5O3. The van der Waals surface area contributed by atoms with Crippen molar-refractivity contribution < 1.29 is 14.4 Å². The topological polar surface area (TPSA) is 120 Å². The predicted molar refractivity (Wildman–Crippen MR) is 175 cm³/mol. The van der Waals surface area contributed by atoms with Crippen molar-refractivity contribution >= 4 is 45.9 Å². The SMILES string of the molecule is C[C@@H]1CN(C(=O)[C@H]2CCCC[C@H]2C(=O)c2ccc(Cl)cc2)[C@@H](CCCNC(=N)N)CN1C(=O)Cc1ccc2ccccc2c1. The number of benzene rings is 3. The van der Waals surface area contributed by atoms with Crippen LogP contribution in [0, 0.1) is 17.2 Å². The summed E-state index contributed by atoms with van der Waals surface area (Å²) < 4.78 is 0. The molecule has 0 aromatic heterocycles. The van der Waals surface area contributed by atoms with E-state index in [0.29, 0.717) is 62.3 Å². The molecule has 0 unspecified atom stereocenters. The van der Waals surface area contributed by atoms with Crippen LogP contribution >= 0.6 is 11.6 Å². The van der Waals surface area contributed by atoms with Gasteiger partial charge >= 0.3 is 0 Å². The van der Waals surface area contributed by atoms with Crippen LogP contribution in [0.25, 0.3) is 10.8 Å². The summed E-state index contributed by atoms with van der Waals surface area (Å²) in [7, 11) is 0. The van der Waals surface area contributed by atoms with Gasteiger partial charge in [0.15, 0.2) is 11.7 Å². The second-order valence-corrected chi connectivity index (χ2v) is 12.7. The Kier molecular flexibility index (Phi) is 10.2. The number of halogens is 1. The summed E-state index contributed by atoms with van der Waals surface area (Å²) in [4.78, 5) is 45.5. The van der Waals surface area contributed by atoms with E-state index in [9.17, 15) is 14.4 Å². The lowest BCUT2D eigenvalue weighted by molar-refractivity contribution is -0.150. The minimum atomic E-state index is -0.392. The number of carbonyl (C=O) groups is 3. The van der Waals surface area contributed by atoms with E-state index in [2.05, 4.69) is 29.6 Å². The number of nitrogens with zero attached hydrogens (tertiary/aromatic N) is 2. The number of fused-ring (bicyclic) bond motifs is 1. The van der Waals surface area contributed by atoms with Gasteiger partial charge in [0, 0.05) is 54.1 Å². The lowest BCUT2D eigenvalue weighted by Gasteiger charge is -2.47. The fourth-order valence-corrected chi connectivity index (χ4v) is 7.00. The van der Waals surface area contributed by atoms with E-state index in [4.69, 9.17) is 22.7 Å². The minimum absolute atomic E-state index is 0.000767. The number of hydrogen-bond acceptors (Lipinski definition) is 4. The Labute approximate surface area is 264 Å². The summed E-state index contributed by atoms with van der Waals surface area (Å²) in [6, 6.07) is 20.8. The van der Waals surface area contributed by atoms with Gasteiger partial charge in [0.25, 0.3) is 0 Å². The van der Waals surface area contributed by atoms with Crippen molar-refractivity contribution in [3.8, 4) is 0 Å². The summed E-state index contributed by atoms with van der Waals surface area (Å²) in [6.07, 6.45) is 4.83. The number of Topliss-reactive ketones (excluding diaryl/α,β-unsaturated/α-hetero) is 1. The molecule has 2 amide bonds. The van der Waals surface area contributed by atoms with Gasteiger partial charge in [0.2, 0.25) is 11.8 Å². The minimum Gasteiger partial charge on any atom is -0.370 e. The molecule has 4 N–H and O–H groups in total. The highest BCUT2D eigenvalue weighted by Gasteiger charge is 2.43. The molecule has 3 aromatic carbocycles. The van der Waals surface area contributed by atoms with Gasteiger partial charge in [-0.15, -0.1) is 0 Å². The highest BCUT2D eigenvalue weighted by Crippen LogP contribution is 2.36. The molecule has 0 bridgehead atoms. The number of carbonyl (C=O) groups excluding carboxylic acids is 3. The third kappa shape index (κ3) is 7.41. The molecule has 9 heteroatoms. The third-order valence-corrected chi connectivity index (χ3v) is 9.44. The first-order valence-electron chi connectivity index (χ1n) is 15.7. The largest absolute Gasteiger partial charge is 0.370 e. The first-order valence-corrected chi connectivity index (χ1v) is 16.0. The molecular weight excluding hydrogens is 574 g/mol. The van der Waals surface area contributed by atoms with Gasteiger partial charge in [-0.2, -0.15) is 0 Å². The van der Waals surface area contributed by atoms with Gasteiger partial charge in [0.1, 0.15) is 0 Å². The third-order valence-electron chi connectivity index (χ3n) is 9.19. The zero-order chi connectivity index (χ0) is 31.2. The molecule has 2 aliphatic rings. The Morgan fingerprint density at radius 1 is 0.932 bits per heavy atom. The van der Waals surface area contributed by atoms with Crippen molar-refractivity contribution in [3.05, 3.63) is 82.9 Å². The van der Waals surface area contributed by atoms with Crippen LogP contribution in [0.5, 0.6) is 0 Å². The van der Waals surface area contributed by atoms with E-state index in [-0.39, 0.29) is 41.6 Å². The lowest BCUT2D eigenvalue weighted by Crippen LogP contribution is -2.62. The van der Waals surface area contributed by atoms with Crippen LogP contribution < -0.4 is 11.1 Å². The molecule has 8 nitrogen and oxygen atoms in total. The average molecular weight is 616 g/mol. The summed E-state index contributed by atoms with van der Waals surface area (Å²) in [6.45, 7) is 3.37. The van der Waals surface area contributed by atoms with Gasteiger partial charge < -0.3 is 20.9 Å². The predicted octanol–water partition coefficient (Wildman–Crippen LogP) is 5.42. The molecule has 5 rings (SSSR count). The second kappa shape index (κ2) is 14.2. The molecule has 1 aliphatic heterocycles. The van der Waals surface area contributed by atoms with Crippen LogP contribution in [0.3, 0.4) is 0 Å². The van der Waals surface area contributed by atoms with E-state index in [0.717, 1.165) is 29.2 Å². The molecule has 3 aromatic rings. The van der Waals surface area contributed by atoms with Crippen LogP contribution in [0.4, 0.5) is 0 Å². The molecule has 4 atom stereocenters. The number of amides is 2. The van der Waals surface area contributed by atoms with Crippen molar-refractivity contribution in [3.63, 3.8) is 0 Å². The highest BCUT2D eigenvalue weighted by atomic mass is 35.5. The Morgan fingerprint density at radius 2 is 1.64 bits per heavy atom. The maximum Gasteiger partial charge on any atom is 0.227 e. The summed E-state index contributed by atoms with van der Waals surface area (Å²) in [5, 5.41) is 13.1. The van der Waals surface area contributed by atoms with E-state index < -0.39 is 5.92 Å². The lowest BCUT2D eigenvalue weighted by atomic mass is 9.74. The van der Waals surface area contributed by atoms with Crippen LogP contribution in [0.1, 0.15) is 61.4 Å². The Bertz CT molecular complexity index is 1510. The van der Waals surface area contributed by atoms with Crippen LogP contribution in [-0.2, 0) is 16.0 Å². The number of nitrogens with one attached hydrogen (secondary N) is 2. The summed E-state index contributed by atoms with van der Waals surface area (Å²) in [5.74, 6) is -0.806. The monoisotopic (exact) mass is 615 g/mol. The normalized spacial score (nSPS) is 22.0. The first kappa shape index (κ1) is 31.5. The fraction of sp³-hybridized carbons (Fsp3) is 0.429. The molecule has 1 aliphatic carbocycles. The number of guanidine groups is 1. The van der Waals surface area contributed by atoms with Crippen molar-refractivity contribution in [1.29, 1.82) is 5.41 Å². The van der Waals surface area contributed by atoms with Crippen molar-refractivity contribution in [2.75, 3.05) is 19.6 Å². The summed E-state index contributed by atoms with van der Waals surface area (Å²) >= 11 is 6.06. The Balaban J connectivity index is 1.33. The van der Waals surface area contributed by atoms with Crippen LogP contribution in [0.2, 0.25) is 5.02 Å².